The molecule has 2 fully saturated rings. The van der Waals surface area contributed by atoms with Crippen LogP contribution in [0.15, 0.2) is 30.3 Å². The number of hydrogen-bond donors (Lipinski definition) is 3. The Labute approximate surface area is 285 Å². The molecule has 0 bridgehead atoms. The third-order valence-electron chi connectivity index (χ3n) is 8.68. The van der Waals surface area contributed by atoms with Crippen molar-refractivity contribution in [3.05, 3.63) is 47.3 Å². The van der Waals surface area contributed by atoms with Crippen molar-refractivity contribution in [2.24, 2.45) is 5.92 Å². The molecular weight excluding hydrogens is 676 g/mol. The normalized spacial score (nSPS) is 18.1. The van der Waals surface area contributed by atoms with Gasteiger partial charge in [0.15, 0.2) is 0 Å². The van der Waals surface area contributed by atoms with E-state index in [0.29, 0.717) is 31.4 Å². The van der Waals surface area contributed by atoms with Crippen LogP contribution in [0.2, 0.25) is 0 Å². The average Bonchev–Trinajstić information content (AvgIpc) is 3.05. The van der Waals surface area contributed by atoms with Gasteiger partial charge in [-0.15, -0.1) is 0 Å². The number of aliphatic hydroxyl groups is 1. The monoisotopic (exact) mass is 717 g/mol. The molecule has 12 nitrogen and oxygen atoms in total. The number of halogens is 6. The number of carbonyl (C=O) groups excluding carboxylic acids is 2. The summed E-state index contributed by atoms with van der Waals surface area (Å²) >= 11 is 0. The van der Waals surface area contributed by atoms with Crippen LogP contribution in [0.25, 0.3) is 0 Å². The second kappa shape index (κ2) is 15.3. The Kier molecular flexibility index (Phi) is 11.7. The van der Waals surface area contributed by atoms with Crippen molar-refractivity contribution in [2.45, 2.75) is 64.0 Å². The van der Waals surface area contributed by atoms with Crippen LogP contribution in [0, 0.1) is 5.92 Å². The van der Waals surface area contributed by atoms with Crippen LogP contribution in [0.3, 0.4) is 0 Å². The van der Waals surface area contributed by atoms with Gasteiger partial charge in [-0.25, -0.2) is 14.8 Å². The summed E-state index contributed by atoms with van der Waals surface area (Å²) in [5.74, 6) is -2.95. The van der Waals surface area contributed by atoms with Crippen LogP contribution in [-0.4, -0.2) is 112 Å². The number of aliphatic hydroxyl groups excluding tert-OH is 1. The van der Waals surface area contributed by atoms with Gasteiger partial charge < -0.3 is 30.2 Å². The third kappa shape index (κ3) is 9.45. The molecule has 0 spiro atoms. The SMILES string of the molecule is CC(C)(C)N(C(=O)O)[C@@H](CO)C(=O)N1CCN(c2cc(N3CCC[C@@H](C(=O)NCCc4ccc(C(F)(F)F)cc4)C3)nc(C(F)(F)F)n2)CC1. The molecular formula is C32H41F6N7O5. The molecule has 50 heavy (non-hydrogen) atoms. The molecule has 0 aliphatic carbocycles. The molecule has 1 aromatic carbocycles. The molecule has 2 aliphatic heterocycles. The summed E-state index contributed by atoms with van der Waals surface area (Å²) in [5.41, 5.74) is -1.17. The Morgan fingerprint density at radius 3 is 2.04 bits per heavy atom. The van der Waals surface area contributed by atoms with E-state index in [1.807, 2.05) is 0 Å². The third-order valence-corrected chi connectivity index (χ3v) is 8.68. The van der Waals surface area contributed by atoms with Gasteiger partial charge in [-0.1, -0.05) is 12.1 Å². The minimum Gasteiger partial charge on any atom is -0.465 e. The Hall–Kier alpha value is -4.35. The standard InChI is InChI=1S/C32H41F6N7O5/c1-30(2,3)45(29(49)50)23(19-46)27(48)43-15-13-42(14-16-43)24-17-25(41-28(40-24)32(36,37)38)44-12-4-5-21(18-44)26(47)39-11-10-20-6-8-22(9-7-20)31(33,34)35/h6-9,17,21,23,46H,4-5,10-16,18-19H2,1-3H3,(H,39,47)(H,49,50)/t21-,23+/m1/s1. The van der Waals surface area contributed by atoms with Crippen LogP contribution in [0.5, 0.6) is 0 Å². The number of hydrogen-bond acceptors (Lipinski definition) is 8. The lowest BCUT2D eigenvalue weighted by molar-refractivity contribution is -0.145. The highest BCUT2D eigenvalue weighted by Crippen LogP contribution is 2.33. The smallest absolute Gasteiger partial charge is 0.451 e. The van der Waals surface area contributed by atoms with Gasteiger partial charge in [0.05, 0.1) is 18.1 Å². The maximum Gasteiger partial charge on any atom is 0.451 e. The Bertz CT molecular complexity index is 1510. The highest BCUT2D eigenvalue weighted by molar-refractivity contribution is 5.86. The van der Waals surface area contributed by atoms with E-state index in [2.05, 4.69) is 15.3 Å². The van der Waals surface area contributed by atoms with Gasteiger partial charge in [0, 0.05) is 57.4 Å². The van der Waals surface area contributed by atoms with E-state index in [4.69, 9.17) is 0 Å². The van der Waals surface area contributed by atoms with Gasteiger partial charge in [-0.05, 0) is 57.7 Å². The number of aromatic nitrogens is 2. The van der Waals surface area contributed by atoms with Crippen molar-refractivity contribution < 1.29 is 50.9 Å². The lowest BCUT2D eigenvalue weighted by Crippen LogP contribution is -2.61. The topological polar surface area (TPSA) is 142 Å². The second-order valence-electron chi connectivity index (χ2n) is 13.3. The quantitative estimate of drug-likeness (QED) is 0.330. The van der Waals surface area contributed by atoms with E-state index in [0.717, 1.165) is 17.0 Å². The second-order valence-corrected chi connectivity index (χ2v) is 13.3. The lowest BCUT2D eigenvalue weighted by atomic mass is 9.97. The summed E-state index contributed by atoms with van der Waals surface area (Å²) in [6.45, 7) is 4.81. The molecule has 3 amide bonds. The van der Waals surface area contributed by atoms with Gasteiger partial charge in [0.1, 0.15) is 17.7 Å². The summed E-state index contributed by atoms with van der Waals surface area (Å²) in [6.07, 6.45) is -9.45. The van der Waals surface area contributed by atoms with E-state index >= 15 is 0 Å². The lowest BCUT2D eigenvalue weighted by Gasteiger charge is -2.42. The number of nitrogens with zero attached hydrogens (tertiary/aromatic N) is 6. The fourth-order valence-electron chi connectivity index (χ4n) is 6.13. The van der Waals surface area contributed by atoms with Crippen molar-refractivity contribution in [3.8, 4) is 0 Å². The van der Waals surface area contributed by atoms with E-state index < -0.39 is 59.8 Å². The van der Waals surface area contributed by atoms with Gasteiger partial charge in [0.25, 0.3) is 0 Å². The predicted molar refractivity (Wildman–Crippen MR) is 169 cm³/mol. The Morgan fingerprint density at radius 1 is 0.920 bits per heavy atom. The van der Waals surface area contributed by atoms with E-state index in [1.165, 1.54) is 23.1 Å². The number of alkyl halides is 6. The van der Waals surface area contributed by atoms with Crippen molar-refractivity contribution in [1.29, 1.82) is 0 Å². The largest absolute Gasteiger partial charge is 0.465 e. The van der Waals surface area contributed by atoms with Crippen LogP contribution < -0.4 is 15.1 Å². The number of rotatable bonds is 9. The van der Waals surface area contributed by atoms with Gasteiger partial charge >= 0.3 is 18.4 Å². The molecule has 2 aliphatic rings. The molecule has 2 aromatic rings. The Balaban J connectivity index is 1.42. The van der Waals surface area contributed by atoms with Crippen LogP contribution in [-0.2, 0) is 28.4 Å². The molecule has 4 rings (SSSR count). The first kappa shape index (κ1) is 38.5. The summed E-state index contributed by atoms with van der Waals surface area (Å²) in [4.78, 5) is 51.1. The molecule has 3 N–H and O–H groups in total. The van der Waals surface area contributed by atoms with Gasteiger partial charge in [0.2, 0.25) is 17.6 Å². The number of carbonyl (C=O) groups is 3. The first-order valence-electron chi connectivity index (χ1n) is 16.1. The number of piperidine rings is 1. The van der Waals surface area contributed by atoms with Crippen molar-refractivity contribution in [2.75, 3.05) is 62.2 Å². The molecule has 2 saturated heterocycles. The minimum atomic E-state index is -4.88. The number of benzene rings is 1. The zero-order valence-corrected chi connectivity index (χ0v) is 27.9. The van der Waals surface area contributed by atoms with Crippen LogP contribution in [0.4, 0.5) is 42.8 Å². The summed E-state index contributed by atoms with van der Waals surface area (Å²) in [5, 5.41) is 22.4. The molecule has 1 aromatic heterocycles. The molecule has 2 atom stereocenters. The summed E-state index contributed by atoms with van der Waals surface area (Å²) in [7, 11) is 0. The summed E-state index contributed by atoms with van der Waals surface area (Å²) < 4.78 is 80.4. The summed E-state index contributed by atoms with van der Waals surface area (Å²) in [6, 6.07) is 4.65. The minimum absolute atomic E-state index is 0.0225. The maximum atomic E-state index is 14.0. The van der Waals surface area contributed by atoms with Crippen molar-refractivity contribution in [1.82, 2.24) is 25.1 Å². The number of carboxylic acid groups (broad SMARTS) is 1. The van der Waals surface area contributed by atoms with E-state index in [1.54, 1.807) is 30.6 Å². The van der Waals surface area contributed by atoms with Crippen molar-refractivity contribution in [3.63, 3.8) is 0 Å². The zero-order valence-electron chi connectivity index (χ0n) is 27.9. The molecule has 3 heterocycles. The van der Waals surface area contributed by atoms with E-state index in [-0.39, 0.29) is 56.8 Å². The fraction of sp³-hybridized carbons (Fsp3) is 0.594. The number of anilines is 2. The maximum absolute atomic E-state index is 14.0. The van der Waals surface area contributed by atoms with E-state index in [9.17, 15) is 50.9 Å². The molecule has 0 saturated carbocycles. The predicted octanol–water partition coefficient (Wildman–Crippen LogP) is 3.88. The zero-order chi connectivity index (χ0) is 37.0. The molecule has 18 heteroatoms. The number of amides is 3. The van der Waals surface area contributed by atoms with Crippen LogP contribution in [0.1, 0.15) is 50.6 Å². The highest BCUT2D eigenvalue weighted by atomic mass is 19.4. The number of piperazine rings is 1. The Morgan fingerprint density at radius 2 is 1.52 bits per heavy atom. The molecule has 0 unspecified atom stereocenters. The highest BCUT2D eigenvalue weighted by Gasteiger charge is 2.41. The first-order chi connectivity index (χ1) is 23.3. The molecule has 276 valence electrons. The first-order valence-corrected chi connectivity index (χ1v) is 16.1. The van der Waals surface area contributed by atoms with Crippen molar-refractivity contribution >= 4 is 29.5 Å². The average molecular weight is 718 g/mol. The van der Waals surface area contributed by atoms with Gasteiger partial charge in [-0.2, -0.15) is 26.3 Å². The fourth-order valence-corrected chi connectivity index (χ4v) is 6.13. The molecule has 0 radical (unpaired) electrons. The van der Waals surface area contributed by atoms with Gasteiger partial charge in [-0.3, -0.25) is 14.5 Å². The number of nitrogens with one attached hydrogen (secondary N) is 1. The van der Waals surface area contributed by atoms with Crippen LogP contribution >= 0.6 is 0 Å².